The van der Waals surface area contributed by atoms with Crippen LogP contribution in [0.5, 0.6) is 11.5 Å². The maximum Gasteiger partial charge on any atom is 0.173 e. The van der Waals surface area contributed by atoms with Crippen LogP contribution in [-0.2, 0) is 9.47 Å². The minimum absolute atomic E-state index is 0.114. The highest BCUT2D eigenvalue weighted by Crippen LogP contribution is 2.67. The van der Waals surface area contributed by atoms with Gasteiger partial charge in [-0.1, -0.05) is 74.1 Å². The maximum absolute atomic E-state index is 6.20. The van der Waals surface area contributed by atoms with Gasteiger partial charge >= 0.3 is 0 Å². The first kappa shape index (κ1) is 29.1. The molecule has 5 heteroatoms. The van der Waals surface area contributed by atoms with Crippen molar-refractivity contribution in [2.24, 2.45) is 0 Å². The van der Waals surface area contributed by atoms with E-state index in [9.17, 15) is 0 Å². The monoisotopic (exact) mass is 538 g/mol. The Labute approximate surface area is 231 Å². The Morgan fingerprint density at radius 3 is 1.79 bits per heavy atom. The summed E-state index contributed by atoms with van der Waals surface area (Å²) in [7, 11) is 2.71. The molecule has 1 unspecified atom stereocenters. The first-order valence-corrected chi connectivity index (χ1v) is 15.4. The summed E-state index contributed by atoms with van der Waals surface area (Å²) in [5.74, 6) is 2.39. The van der Waals surface area contributed by atoms with Crippen molar-refractivity contribution < 1.29 is 18.9 Å². The van der Waals surface area contributed by atoms with Crippen molar-refractivity contribution in [3.63, 3.8) is 0 Å². The van der Waals surface area contributed by atoms with Crippen molar-refractivity contribution in [2.45, 2.75) is 96.9 Å². The summed E-state index contributed by atoms with van der Waals surface area (Å²) < 4.78 is 24.7. The van der Waals surface area contributed by atoms with Gasteiger partial charge in [0, 0.05) is 23.7 Å². The third kappa shape index (κ3) is 5.17. The van der Waals surface area contributed by atoms with Crippen LogP contribution in [0.1, 0.15) is 103 Å². The first-order chi connectivity index (χ1) is 17.9. The lowest BCUT2D eigenvalue weighted by Gasteiger charge is -2.48. The molecule has 0 bridgehead atoms. The van der Waals surface area contributed by atoms with Crippen molar-refractivity contribution in [2.75, 3.05) is 27.4 Å². The lowest BCUT2D eigenvalue weighted by atomic mass is 9.81. The van der Waals surface area contributed by atoms with Crippen molar-refractivity contribution in [1.29, 1.82) is 0 Å². The molecule has 2 aromatic carbocycles. The smallest absolute Gasteiger partial charge is 0.173 e. The van der Waals surface area contributed by atoms with Crippen LogP contribution in [-0.4, -0.2) is 38.4 Å². The Morgan fingerprint density at radius 2 is 1.34 bits per heavy atom. The normalized spacial score (nSPS) is 20.7. The fraction of sp³-hybridized carbons (Fsp3) is 0.576. The Hall–Kier alpha value is -1.87. The summed E-state index contributed by atoms with van der Waals surface area (Å²) >= 11 is 0. The number of benzene rings is 2. The van der Waals surface area contributed by atoms with Gasteiger partial charge in [0.15, 0.2) is 5.79 Å². The Morgan fingerprint density at radius 1 is 0.816 bits per heavy atom. The fourth-order valence-electron chi connectivity index (χ4n) is 6.38. The highest BCUT2D eigenvalue weighted by atomic mass is 31.1. The van der Waals surface area contributed by atoms with Crippen LogP contribution in [0.4, 0.5) is 0 Å². The zero-order valence-electron chi connectivity index (χ0n) is 25.2. The van der Waals surface area contributed by atoms with Gasteiger partial charge in [-0.2, -0.15) is 0 Å². The molecule has 38 heavy (non-hydrogen) atoms. The van der Waals surface area contributed by atoms with Crippen LogP contribution in [0, 0.1) is 0 Å². The summed E-state index contributed by atoms with van der Waals surface area (Å²) in [6, 6.07) is 8.98. The van der Waals surface area contributed by atoms with Crippen molar-refractivity contribution in [3.05, 3.63) is 52.8 Å². The summed E-state index contributed by atoms with van der Waals surface area (Å²) in [6.07, 6.45) is 1.53. The second-order valence-corrected chi connectivity index (χ2v) is 15.4. The van der Waals surface area contributed by atoms with E-state index in [1.54, 1.807) is 14.2 Å². The van der Waals surface area contributed by atoms with E-state index in [2.05, 4.69) is 86.2 Å². The molecule has 2 heterocycles. The Balaban J connectivity index is 2.07. The molecule has 2 aliphatic heterocycles. The minimum atomic E-state index is -0.849. The molecule has 0 amide bonds. The van der Waals surface area contributed by atoms with Gasteiger partial charge in [0.05, 0.1) is 27.4 Å². The molecule has 0 aromatic heterocycles. The van der Waals surface area contributed by atoms with Gasteiger partial charge in [0.2, 0.25) is 0 Å². The van der Waals surface area contributed by atoms with Crippen LogP contribution >= 0.6 is 7.92 Å². The molecule has 0 radical (unpaired) electrons. The minimum Gasteiger partial charge on any atom is -0.496 e. The summed E-state index contributed by atoms with van der Waals surface area (Å²) in [6.45, 7) is 24.4. The largest absolute Gasteiger partial charge is 0.496 e. The van der Waals surface area contributed by atoms with E-state index in [-0.39, 0.29) is 5.16 Å². The van der Waals surface area contributed by atoms with E-state index in [4.69, 9.17) is 18.9 Å². The molecule has 2 fully saturated rings. The molecule has 2 saturated heterocycles. The predicted molar refractivity (Wildman–Crippen MR) is 161 cm³/mol. The molecule has 4 rings (SSSR count). The number of methoxy groups -OCH3 is 2. The van der Waals surface area contributed by atoms with Gasteiger partial charge in [-0.3, -0.25) is 0 Å². The van der Waals surface area contributed by atoms with Crippen LogP contribution in [0.25, 0.3) is 11.1 Å². The van der Waals surface area contributed by atoms with Gasteiger partial charge in [0.25, 0.3) is 0 Å². The van der Waals surface area contributed by atoms with E-state index >= 15 is 0 Å². The first-order valence-electron chi connectivity index (χ1n) is 14.0. The predicted octanol–water partition coefficient (Wildman–Crippen LogP) is 8.68. The van der Waals surface area contributed by atoms with Gasteiger partial charge in [-0.15, -0.1) is 0 Å². The third-order valence-electron chi connectivity index (χ3n) is 8.06. The molecule has 4 nitrogen and oxygen atoms in total. The molecule has 0 saturated carbocycles. The summed E-state index contributed by atoms with van der Waals surface area (Å²) in [5.41, 5.74) is 6.57. The van der Waals surface area contributed by atoms with E-state index in [0.29, 0.717) is 37.4 Å². The molecular weight excluding hydrogens is 491 g/mol. The molecular formula is C33H47O4P. The highest BCUT2D eigenvalue weighted by Gasteiger charge is 2.52. The van der Waals surface area contributed by atoms with Gasteiger partial charge in [0.1, 0.15) is 11.5 Å². The molecule has 2 aliphatic rings. The highest BCUT2D eigenvalue weighted by molar-refractivity contribution is 7.71. The lowest BCUT2D eigenvalue weighted by molar-refractivity contribution is -0.165. The average Bonchev–Trinajstić information content (AvgIpc) is 3.28. The van der Waals surface area contributed by atoms with Gasteiger partial charge in [-0.25, -0.2) is 0 Å². The van der Waals surface area contributed by atoms with Gasteiger partial charge < -0.3 is 18.9 Å². The number of ether oxygens (including phenoxy) is 4. The number of rotatable bonds is 7. The molecule has 2 aromatic rings. The van der Waals surface area contributed by atoms with E-state index in [1.165, 1.54) is 38.4 Å². The van der Waals surface area contributed by atoms with E-state index in [1.807, 2.05) is 0 Å². The Kier molecular flexibility index (Phi) is 8.39. The van der Waals surface area contributed by atoms with Crippen LogP contribution in [0.2, 0.25) is 0 Å². The van der Waals surface area contributed by atoms with Crippen molar-refractivity contribution >= 4 is 13.2 Å². The van der Waals surface area contributed by atoms with Crippen molar-refractivity contribution in [3.8, 4) is 22.6 Å². The second kappa shape index (κ2) is 11.0. The van der Waals surface area contributed by atoms with Crippen LogP contribution in [0.3, 0.4) is 0 Å². The SMILES string of the molecule is C=C1CC2(CC(C)(C)P1c1c(OC)ccc(OC)c1-c1c(C(C)C)cc(C(C)C)cc1C(C)C)OCCO2. The molecule has 208 valence electrons. The molecule has 0 N–H and O–H groups in total. The second-order valence-electron chi connectivity index (χ2n) is 12.4. The maximum atomic E-state index is 6.20. The average molecular weight is 539 g/mol. The standard InChI is InChI=1S/C33H47O4P/c1-20(2)24-16-25(21(3)4)29(26(17-24)22(5)6)30-27(34-10)12-13-28(35-11)31(30)38-23(7)18-33(19-32(38,8)9)36-14-15-37-33/h12-13,16-17,20-22H,7,14-15,18-19H2,1-6,8-11H3. The Bertz CT molecular complexity index is 1160. The third-order valence-corrected chi connectivity index (χ3v) is 11.1. The topological polar surface area (TPSA) is 36.9 Å². The van der Waals surface area contributed by atoms with Crippen LogP contribution < -0.4 is 14.8 Å². The van der Waals surface area contributed by atoms with E-state index in [0.717, 1.165) is 17.9 Å². The summed E-state index contributed by atoms with van der Waals surface area (Å²) in [4.78, 5) is 0. The number of hydrogen-bond acceptors (Lipinski definition) is 4. The van der Waals surface area contributed by atoms with E-state index < -0.39 is 13.7 Å². The van der Waals surface area contributed by atoms with Crippen molar-refractivity contribution in [1.82, 2.24) is 0 Å². The summed E-state index contributed by atoms with van der Waals surface area (Å²) in [5, 5.41) is 2.30. The number of hydrogen-bond donors (Lipinski definition) is 0. The van der Waals surface area contributed by atoms with Crippen LogP contribution in [0.15, 0.2) is 36.2 Å². The molecule has 1 atom stereocenters. The van der Waals surface area contributed by atoms with Gasteiger partial charge in [-0.05, 0) is 70.5 Å². The molecule has 0 aliphatic carbocycles. The quantitative estimate of drug-likeness (QED) is 0.331. The fourth-order valence-corrected chi connectivity index (χ4v) is 9.78. The zero-order chi connectivity index (χ0) is 28.0. The lowest BCUT2D eigenvalue weighted by Crippen LogP contribution is -2.44. The zero-order valence-corrected chi connectivity index (χ0v) is 26.1. The molecule has 1 spiro atoms.